The maximum atomic E-state index is 15.4. The van der Waals surface area contributed by atoms with Crippen LogP contribution in [0.5, 0.6) is 5.75 Å². The highest BCUT2D eigenvalue weighted by atomic mass is 35.5. The van der Waals surface area contributed by atoms with Crippen molar-refractivity contribution in [3.05, 3.63) is 129 Å². The summed E-state index contributed by atoms with van der Waals surface area (Å²) in [4.78, 5) is 12.2. The largest absolute Gasteiger partial charge is 0.618 e. The molecule has 0 saturated carbocycles. The Morgan fingerprint density at radius 1 is 1.07 bits per heavy atom. The van der Waals surface area contributed by atoms with Crippen LogP contribution in [0.4, 0.5) is 4.39 Å². The summed E-state index contributed by atoms with van der Waals surface area (Å²) in [6.07, 6.45) is 8.17. The number of ether oxygens (including phenoxy) is 1. The van der Waals surface area contributed by atoms with Crippen LogP contribution in [-0.2, 0) is 13.5 Å². The van der Waals surface area contributed by atoms with Crippen molar-refractivity contribution in [3.63, 3.8) is 0 Å². The van der Waals surface area contributed by atoms with Gasteiger partial charge in [-0.25, -0.2) is 4.39 Å². The zero-order valence-corrected chi connectivity index (χ0v) is 23.8. The third-order valence-corrected chi connectivity index (χ3v) is 7.48. The number of nitrogens with zero attached hydrogens (tertiary/aromatic N) is 8. The highest BCUT2D eigenvalue weighted by molar-refractivity contribution is 6.31. The summed E-state index contributed by atoms with van der Waals surface area (Å²) in [5, 5.41) is 29.3. The smallest absolute Gasteiger partial charge is 0.250 e. The second-order valence-electron chi connectivity index (χ2n) is 9.82. The highest BCUT2D eigenvalue weighted by Crippen LogP contribution is 2.34. The number of hydrogen-bond donors (Lipinski definition) is 0. The van der Waals surface area contributed by atoms with Gasteiger partial charge in [0, 0.05) is 43.6 Å². The van der Waals surface area contributed by atoms with Crippen molar-refractivity contribution in [2.75, 3.05) is 7.11 Å². The van der Waals surface area contributed by atoms with Crippen molar-refractivity contribution in [2.24, 2.45) is 7.05 Å². The molecule has 13 heteroatoms. The Bertz CT molecular complexity index is 1970. The van der Waals surface area contributed by atoms with Crippen LogP contribution in [0.2, 0.25) is 5.02 Å². The second kappa shape index (κ2) is 11.5. The minimum absolute atomic E-state index is 0.0784. The number of methoxy groups -OCH3 is 1. The van der Waals surface area contributed by atoms with E-state index in [9.17, 15) is 10.0 Å². The summed E-state index contributed by atoms with van der Waals surface area (Å²) in [7, 11) is 3.27. The number of pyridine rings is 2. The monoisotopic (exact) mass is 598 g/mol. The molecule has 0 N–H and O–H groups in total. The lowest BCUT2D eigenvalue weighted by Gasteiger charge is -2.19. The van der Waals surface area contributed by atoms with Crippen molar-refractivity contribution in [3.8, 4) is 33.7 Å². The van der Waals surface area contributed by atoms with E-state index in [1.54, 1.807) is 55.6 Å². The summed E-state index contributed by atoms with van der Waals surface area (Å²) in [6, 6.07) is 16.6. The third-order valence-electron chi connectivity index (χ3n) is 7.19. The molecule has 0 aliphatic heterocycles. The molecule has 216 valence electrons. The number of hydrogen-bond acceptors (Lipinski definition) is 7. The molecule has 0 radical (unpaired) electrons. The van der Waals surface area contributed by atoms with Crippen LogP contribution in [0.25, 0.3) is 27.9 Å². The highest BCUT2D eigenvalue weighted by Gasteiger charge is 2.26. The molecule has 0 amide bonds. The molecule has 43 heavy (non-hydrogen) atoms. The van der Waals surface area contributed by atoms with E-state index < -0.39 is 11.9 Å². The summed E-state index contributed by atoms with van der Waals surface area (Å²) >= 11 is 6.12. The molecule has 4 aromatic heterocycles. The summed E-state index contributed by atoms with van der Waals surface area (Å²) in [5.41, 5.74) is 3.26. The molecule has 0 aliphatic carbocycles. The minimum atomic E-state index is -0.706. The molecule has 4 heterocycles. The van der Waals surface area contributed by atoms with Crippen molar-refractivity contribution < 1.29 is 13.9 Å². The van der Waals surface area contributed by atoms with Gasteiger partial charge in [0.25, 0.3) is 5.56 Å². The van der Waals surface area contributed by atoms with Gasteiger partial charge in [-0.15, -0.1) is 5.10 Å². The van der Waals surface area contributed by atoms with Gasteiger partial charge >= 0.3 is 0 Å². The molecule has 2 aromatic carbocycles. The van der Waals surface area contributed by atoms with E-state index in [1.807, 2.05) is 30.3 Å². The number of halogens is 2. The van der Waals surface area contributed by atoms with E-state index in [0.29, 0.717) is 33.8 Å². The molecule has 1 unspecified atom stereocenters. The molecule has 0 fully saturated rings. The van der Waals surface area contributed by atoms with Gasteiger partial charge in [0.1, 0.15) is 18.1 Å². The Morgan fingerprint density at radius 2 is 1.88 bits per heavy atom. The lowest BCUT2D eigenvalue weighted by molar-refractivity contribution is -0.615. The number of aromatic nitrogens is 8. The van der Waals surface area contributed by atoms with Gasteiger partial charge in [-0.1, -0.05) is 23.7 Å². The number of rotatable bonds is 8. The Balaban J connectivity index is 1.43. The normalized spacial score (nSPS) is 11.9. The maximum Gasteiger partial charge on any atom is 0.250 e. The summed E-state index contributed by atoms with van der Waals surface area (Å²) in [6.45, 7) is 0. The molecule has 0 bridgehead atoms. The van der Waals surface area contributed by atoms with E-state index in [0.717, 1.165) is 11.1 Å². The van der Waals surface area contributed by atoms with Crippen LogP contribution in [-0.4, -0.2) is 41.7 Å². The van der Waals surface area contributed by atoms with E-state index >= 15 is 4.39 Å². The molecule has 0 saturated heterocycles. The van der Waals surface area contributed by atoms with Gasteiger partial charge in [-0.05, 0) is 58.0 Å². The Hall–Kier alpha value is -5.36. The topological polar surface area (TPSA) is 120 Å². The van der Waals surface area contributed by atoms with Crippen LogP contribution in [0.3, 0.4) is 0 Å². The molecular formula is C30H24ClFN8O3. The molecular weight excluding hydrogens is 575 g/mol. The summed E-state index contributed by atoms with van der Waals surface area (Å²) in [5.74, 6) is 0.000399. The fraction of sp³-hybridized carbons (Fsp3) is 0.133. The van der Waals surface area contributed by atoms with Gasteiger partial charge in [-0.2, -0.15) is 14.5 Å². The molecule has 1 atom stereocenters. The van der Waals surface area contributed by atoms with Crippen molar-refractivity contribution in [1.29, 1.82) is 0 Å². The first kappa shape index (κ1) is 27.8. The predicted octanol–water partition coefficient (Wildman–Crippen LogP) is 4.16. The number of aryl methyl sites for hydroxylation is 1. The Labute approximate surface area is 249 Å². The molecule has 0 aliphatic rings. The fourth-order valence-corrected chi connectivity index (χ4v) is 5.04. The molecule has 6 rings (SSSR count). The van der Waals surface area contributed by atoms with Crippen molar-refractivity contribution in [2.45, 2.75) is 12.5 Å². The van der Waals surface area contributed by atoms with Gasteiger partial charge in [0.15, 0.2) is 12.0 Å². The van der Waals surface area contributed by atoms with Crippen molar-refractivity contribution >= 4 is 11.6 Å². The third kappa shape index (κ3) is 5.47. The van der Waals surface area contributed by atoms with Crippen LogP contribution < -0.4 is 15.0 Å². The molecule has 0 spiro atoms. The average Bonchev–Trinajstić information content (AvgIpc) is 3.73. The first-order valence-corrected chi connectivity index (χ1v) is 13.5. The zero-order valence-electron chi connectivity index (χ0n) is 23.0. The van der Waals surface area contributed by atoms with E-state index in [-0.39, 0.29) is 21.7 Å². The second-order valence-corrected chi connectivity index (χ2v) is 10.2. The van der Waals surface area contributed by atoms with Gasteiger partial charge < -0.3 is 14.5 Å². The number of benzene rings is 2. The quantitative estimate of drug-likeness (QED) is 0.191. The first-order chi connectivity index (χ1) is 20.8. The van der Waals surface area contributed by atoms with Gasteiger partial charge in [0.05, 0.1) is 35.1 Å². The summed E-state index contributed by atoms with van der Waals surface area (Å²) < 4.78 is 25.8. The Morgan fingerprint density at radius 3 is 2.58 bits per heavy atom. The first-order valence-electron chi connectivity index (χ1n) is 13.1. The molecule has 6 aromatic rings. The average molecular weight is 599 g/mol. The standard InChI is InChI=1S/C30H24ClFN8O3/c1-37-12-11-20(14-28(37)41)22-15-34-38(16-22)27(13-19-3-6-23(43-2)7-4-19)25-9-5-21(17-40(25)42)29-26(39-18-33-35-36-39)10-8-24(31)30(29)32/h3-12,14-18,27H,13H2,1-2H3. The lowest BCUT2D eigenvalue weighted by atomic mass is 10.00. The van der Waals surface area contributed by atoms with Crippen LogP contribution >= 0.6 is 11.6 Å². The fourth-order valence-electron chi connectivity index (χ4n) is 4.88. The van der Waals surface area contributed by atoms with Crippen LogP contribution in [0.15, 0.2) is 96.6 Å². The predicted molar refractivity (Wildman–Crippen MR) is 156 cm³/mol. The SMILES string of the molecule is COc1ccc(CC(c2ccc(-c3c(-n4cnnn4)ccc(Cl)c3F)c[n+]2[O-])n2cc(-c3ccn(C)c(=O)c3)cn2)cc1. The Kier molecular flexibility index (Phi) is 7.43. The van der Waals surface area contributed by atoms with E-state index in [1.165, 1.54) is 33.9 Å². The van der Waals surface area contributed by atoms with Crippen molar-refractivity contribution in [1.82, 2.24) is 34.6 Å². The van der Waals surface area contributed by atoms with Gasteiger partial charge in [-0.3, -0.25) is 9.48 Å². The van der Waals surface area contributed by atoms with Crippen LogP contribution in [0.1, 0.15) is 17.3 Å². The van der Waals surface area contributed by atoms with E-state index in [4.69, 9.17) is 16.3 Å². The zero-order chi connectivity index (χ0) is 30.1. The van der Waals surface area contributed by atoms with E-state index in [2.05, 4.69) is 20.6 Å². The molecule has 11 nitrogen and oxygen atoms in total. The number of tetrazole rings is 1. The lowest BCUT2D eigenvalue weighted by Crippen LogP contribution is -2.36. The minimum Gasteiger partial charge on any atom is -0.618 e. The van der Waals surface area contributed by atoms with Gasteiger partial charge in [0.2, 0.25) is 5.69 Å². The van der Waals surface area contributed by atoms with Crippen LogP contribution in [0, 0.1) is 11.0 Å². The maximum absolute atomic E-state index is 15.4.